The van der Waals surface area contributed by atoms with Crippen molar-refractivity contribution in [3.8, 4) is 0 Å². The first-order chi connectivity index (χ1) is 6.13. The van der Waals surface area contributed by atoms with E-state index >= 15 is 0 Å². The van der Waals surface area contributed by atoms with Gasteiger partial charge in [0.2, 0.25) is 0 Å². The number of Topliss-reactive ketones (excluding diaryl/α,β-unsaturated/α-hetero) is 1. The monoisotopic (exact) mass is 222 g/mol. The van der Waals surface area contributed by atoms with Crippen LogP contribution in [-0.4, -0.2) is 16.5 Å². The molecule has 0 radical (unpaired) electrons. The first kappa shape index (κ1) is 11.3. The van der Waals surface area contributed by atoms with Crippen molar-refractivity contribution < 1.29 is 4.79 Å². The number of halogens is 2. The molecule has 1 aliphatic rings. The molecule has 0 heterocycles. The van der Waals surface area contributed by atoms with Gasteiger partial charge in [0.25, 0.3) is 0 Å². The van der Waals surface area contributed by atoms with Crippen molar-refractivity contribution in [1.29, 1.82) is 0 Å². The van der Waals surface area contributed by atoms with Gasteiger partial charge in [-0.25, -0.2) is 0 Å². The Morgan fingerprint density at radius 2 is 1.77 bits per heavy atom. The van der Waals surface area contributed by atoms with Crippen molar-refractivity contribution in [2.45, 2.75) is 49.8 Å². The van der Waals surface area contributed by atoms with Gasteiger partial charge in [0, 0.05) is 5.92 Å². The van der Waals surface area contributed by atoms with Crippen LogP contribution in [0.4, 0.5) is 0 Å². The van der Waals surface area contributed by atoms with Gasteiger partial charge < -0.3 is 0 Å². The van der Waals surface area contributed by atoms with Crippen molar-refractivity contribution in [2.75, 3.05) is 0 Å². The third-order valence-electron chi connectivity index (χ3n) is 2.68. The molecule has 1 fully saturated rings. The second-order valence-corrected chi connectivity index (χ2v) is 4.98. The molecule has 0 saturated heterocycles. The molecule has 76 valence electrons. The first-order valence-corrected chi connectivity index (χ1v) is 5.82. The van der Waals surface area contributed by atoms with Crippen LogP contribution in [0.15, 0.2) is 0 Å². The quantitative estimate of drug-likeness (QED) is 0.670. The van der Waals surface area contributed by atoms with Gasteiger partial charge in [-0.15, -0.1) is 23.2 Å². The van der Waals surface area contributed by atoms with Gasteiger partial charge in [0.05, 0.1) is 5.38 Å². The Morgan fingerprint density at radius 3 is 2.23 bits per heavy atom. The smallest absolute Gasteiger partial charge is 0.155 e. The van der Waals surface area contributed by atoms with Gasteiger partial charge in [-0.3, -0.25) is 4.79 Å². The molecule has 3 heteroatoms. The summed E-state index contributed by atoms with van der Waals surface area (Å²) < 4.78 is 0. The third kappa shape index (κ3) is 3.14. The standard InChI is InChI=1S/C10H16Cl2O/c1-7(11)9(12)10(13)8-5-3-2-4-6-8/h7-9H,2-6H2,1H3. The highest BCUT2D eigenvalue weighted by Crippen LogP contribution is 2.27. The Morgan fingerprint density at radius 1 is 1.23 bits per heavy atom. The molecule has 0 aromatic carbocycles. The molecule has 0 aromatic heterocycles. The van der Waals surface area contributed by atoms with Gasteiger partial charge in [-0.1, -0.05) is 19.3 Å². The van der Waals surface area contributed by atoms with Gasteiger partial charge in [0.1, 0.15) is 5.38 Å². The van der Waals surface area contributed by atoms with E-state index in [1.165, 1.54) is 6.42 Å². The molecule has 1 saturated carbocycles. The van der Waals surface area contributed by atoms with E-state index in [1.807, 2.05) is 0 Å². The molecule has 1 aliphatic carbocycles. The van der Waals surface area contributed by atoms with Crippen LogP contribution >= 0.6 is 23.2 Å². The van der Waals surface area contributed by atoms with Crippen LogP contribution in [0.3, 0.4) is 0 Å². The highest BCUT2D eigenvalue weighted by atomic mass is 35.5. The number of ketones is 1. The van der Waals surface area contributed by atoms with Crippen LogP contribution in [0.5, 0.6) is 0 Å². The van der Waals surface area contributed by atoms with Gasteiger partial charge >= 0.3 is 0 Å². The summed E-state index contributed by atoms with van der Waals surface area (Å²) in [5, 5.41) is -0.749. The van der Waals surface area contributed by atoms with E-state index in [2.05, 4.69) is 0 Å². The van der Waals surface area contributed by atoms with E-state index < -0.39 is 5.38 Å². The Bertz CT molecular complexity index is 174. The lowest BCUT2D eigenvalue weighted by Crippen LogP contribution is -2.30. The minimum absolute atomic E-state index is 0.156. The lowest BCUT2D eigenvalue weighted by Gasteiger charge is -2.23. The van der Waals surface area contributed by atoms with Crippen molar-refractivity contribution in [1.82, 2.24) is 0 Å². The molecule has 0 amide bonds. The number of rotatable bonds is 3. The fourth-order valence-corrected chi connectivity index (χ4v) is 2.14. The van der Waals surface area contributed by atoms with Crippen LogP contribution < -0.4 is 0 Å². The molecule has 0 spiro atoms. The van der Waals surface area contributed by atoms with Crippen LogP contribution in [0.2, 0.25) is 0 Å². The SMILES string of the molecule is CC(Cl)C(Cl)C(=O)C1CCCCC1. The van der Waals surface area contributed by atoms with Gasteiger partial charge in [-0.05, 0) is 19.8 Å². The second-order valence-electron chi connectivity index (χ2n) is 3.82. The lowest BCUT2D eigenvalue weighted by molar-refractivity contribution is -0.123. The van der Waals surface area contributed by atoms with Gasteiger partial charge in [-0.2, -0.15) is 0 Å². The molecule has 13 heavy (non-hydrogen) atoms. The Balaban J connectivity index is 2.45. The Hall–Kier alpha value is 0.250. The van der Waals surface area contributed by atoms with Crippen molar-refractivity contribution >= 4 is 29.0 Å². The summed E-state index contributed by atoms with van der Waals surface area (Å²) in [6, 6.07) is 0. The molecule has 0 N–H and O–H groups in total. The fourth-order valence-electron chi connectivity index (χ4n) is 1.84. The van der Waals surface area contributed by atoms with E-state index in [0.29, 0.717) is 0 Å². The number of carbonyl (C=O) groups excluding carboxylic acids is 1. The minimum Gasteiger partial charge on any atom is -0.298 e. The maximum Gasteiger partial charge on any atom is 0.155 e. The van der Waals surface area contributed by atoms with E-state index in [0.717, 1.165) is 25.7 Å². The lowest BCUT2D eigenvalue weighted by atomic mass is 9.85. The second kappa shape index (κ2) is 5.21. The zero-order valence-corrected chi connectivity index (χ0v) is 9.44. The maximum absolute atomic E-state index is 11.7. The molecular weight excluding hydrogens is 207 g/mol. The van der Waals surface area contributed by atoms with Crippen LogP contribution in [0.1, 0.15) is 39.0 Å². The Labute approximate surface area is 89.8 Å². The largest absolute Gasteiger partial charge is 0.298 e. The molecule has 0 bridgehead atoms. The first-order valence-electron chi connectivity index (χ1n) is 4.95. The maximum atomic E-state index is 11.7. The number of hydrogen-bond donors (Lipinski definition) is 0. The topological polar surface area (TPSA) is 17.1 Å². The predicted molar refractivity (Wildman–Crippen MR) is 56.5 cm³/mol. The van der Waals surface area contributed by atoms with Crippen LogP contribution in [0.25, 0.3) is 0 Å². The number of carbonyl (C=O) groups is 1. The molecule has 0 aliphatic heterocycles. The highest BCUT2D eigenvalue weighted by Gasteiger charge is 2.29. The predicted octanol–water partition coefficient (Wildman–Crippen LogP) is 3.37. The summed E-state index contributed by atoms with van der Waals surface area (Å²) in [6.07, 6.45) is 5.60. The highest BCUT2D eigenvalue weighted by molar-refractivity contribution is 6.37. The normalized spacial score (nSPS) is 23.9. The van der Waals surface area contributed by atoms with E-state index in [4.69, 9.17) is 23.2 Å². The van der Waals surface area contributed by atoms with Crippen LogP contribution in [-0.2, 0) is 4.79 Å². The zero-order valence-electron chi connectivity index (χ0n) is 7.93. The summed E-state index contributed by atoms with van der Waals surface area (Å²) in [4.78, 5) is 11.7. The average molecular weight is 223 g/mol. The minimum atomic E-state index is -0.496. The van der Waals surface area contributed by atoms with Crippen LogP contribution in [0, 0.1) is 5.92 Å². The summed E-state index contributed by atoms with van der Waals surface area (Å²) in [5.74, 6) is 0.335. The molecular formula is C10H16Cl2O. The van der Waals surface area contributed by atoms with Crippen molar-refractivity contribution in [3.63, 3.8) is 0 Å². The number of alkyl halides is 2. The van der Waals surface area contributed by atoms with Crippen molar-refractivity contribution in [2.24, 2.45) is 5.92 Å². The van der Waals surface area contributed by atoms with Crippen molar-refractivity contribution in [3.05, 3.63) is 0 Å². The average Bonchev–Trinajstić information content (AvgIpc) is 2.17. The number of hydrogen-bond acceptors (Lipinski definition) is 1. The zero-order chi connectivity index (χ0) is 9.84. The molecule has 1 rings (SSSR count). The summed E-state index contributed by atoms with van der Waals surface area (Å²) in [7, 11) is 0. The molecule has 1 nitrogen and oxygen atoms in total. The molecule has 2 atom stereocenters. The van der Waals surface area contributed by atoms with Gasteiger partial charge in [0.15, 0.2) is 5.78 Å². The fraction of sp³-hybridized carbons (Fsp3) is 0.900. The van der Waals surface area contributed by atoms with E-state index in [1.54, 1.807) is 6.92 Å². The third-order valence-corrected chi connectivity index (χ3v) is 3.66. The summed E-state index contributed by atoms with van der Waals surface area (Å²) in [6.45, 7) is 1.78. The molecule has 2 unspecified atom stereocenters. The van der Waals surface area contributed by atoms with E-state index in [9.17, 15) is 4.79 Å². The summed E-state index contributed by atoms with van der Waals surface area (Å²) in [5.41, 5.74) is 0. The molecule has 0 aromatic rings. The Kier molecular flexibility index (Phi) is 4.54. The summed E-state index contributed by atoms with van der Waals surface area (Å²) >= 11 is 11.7. The van der Waals surface area contributed by atoms with E-state index in [-0.39, 0.29) is 17.1 Å².